The summed E-state index contributed by atoms with van der Waals surface area (Å²) in [6.45, 7) is 7.40. The van der Waals surface area contributed by atoms with Crippen molar-refractivity contribution in [3.8, 4) is 5.75 Å². The molecule has 3 aliphatic heterocycles. The number of piperidine rings is 1. The number of anilines is 1. The van der Waals surface area contributed by atoms with Crippen LogP contribution >= 0.6 is 0 Å². The van der Waals surface area contributed by atoms with Gasteiger partial charge in [0.15, 0.2) is 0 Å². The number of rotatable bonds is 5. The quantitative estimate of drug-likeness (QED) is 0.797. The fraction of sp³-hybridized carbons (Fsp3) is 0.500. The highest BCUT2D eigenvalue weighted by molar-refractivity contribution is 5.98. The summed E-state index contributed by atoms with van der Waals surface area (Å²) in [6.07, 6.45) is 2.05. The lowest BCUT2D eigenvalue weighted by molar-refractivity contribution is 0.0643. The number of nitrogens with zero attached hydrogens (tertiary/aromatic N) is 3. The average molecular weight is 424 g/mol. The molecule has 0 bridgehead atoms. The monoisotopic (exact) mass is 423 g/mol. The van der Waals surface area contributed by atoms with Crippen LogP contribution in [-0.2, 0) is 24.5 Å². The lowest BCUT2D eigenvalue weighted by atomic mass is 10.1. The van der Waals surface area contributed by atoms with Gasteiger partial charge in [-0.2, -0.15) is 0 Å². The number of amides is 1. The minimum absolute atomic E-state index is 0.0365. The third-order valence-electron chi connectivity index (χ3n) is 6.61. The van der Waals surface area contributed by atoms with Crippen LogP contribution in [0.2, 0.25) is 0 Å². The van der Waals surface area contributed by atoms with Gasteiger partial charge in [-0.25, -0.2) is 4.98 Å². The molecule has 1 aromatic carbocycles. The Morgan fingerprint density at radius 2 is 2.00 bits per heavy atom. The van der Waals surface area contributed by atoms with Gasteiger partial charge in [0.25, 0.3) is 5.91 Å². The number of hydrogen-bond donors (Lipinski definition) is 1. The summed E-state index contributed by atoms with van der Waals surface area (Å²) >= 11 is 0. The van der Waals surface area contributed by atoms with Gasteiger partial charge in [0.1, 0.15) is 17.7 Å². The first-order valence-corrected chi connectivity index (χ1v) is 11.1. The molecule has 0 radical (unpaired) electrons. The van der Waals surface area contributed by atoms with E-state index in [4.69, 9.17) is 14.5 Å². The Hall–Kier alpha value is -2.64. The molecule has 5 rings (SSSR count). The van der Waals surface area contributed by atoms with Crippen LogP contribution < -0.4 is 9.64 Å². The highest BCUT2D eigenvalue weighted by atomic mass is 16.5. The molecule has 0 unspecified atom stereocenters. The van der Waals surface area contributed by atoms with Crippen LogP contribution in [0.25, 0.3) is 0 Å². The molecule has 1 N–H and O–H groups in total. The minimum atomic E-state index is -0.205. The zero-order chi connectivity index (χ0) is 21.5. The lowest BCUT2D eigenvalue weighted by Crippen LogP contribution is -2.39. The molecule has 164 valence electrons. The van der Waals surface area contributed by atoms with E-state index in [2.05, 4.69) is 17.0 Å². The largest absolute Gasteiger partial charge is 0.490 e. The number of aromatic nitrogens is 1. The number of ether oxygens (including phenoxy) is 2. The molecule has 31 heavy (non-hydrogen) atoms. The minimum Gasteiger partial charge on any atom is -0.490 e. The number of aliphatic hydroxyl groups excluding tert-OH is 1. The summed E-state index contributed by atoms with van der Waals surface area (Å²) in [5.74, 6) is 1.84. The fourth-order valence-corrected chi connectivity index (χ4v) is 4.71. The Morgan fingerprint density at radius 3 is 2.77 bits per heavy atom. The zero-order valence-corrected chi connectivity index (χ0v) is 18.1. The van der Waals surface area contributed by atoms with E-state index in [-0.39, 0.29) is 24.7 Å². The van der Waals surface area contributed by atoms with Crippen LogP contribution in [-0.4, -0.2) is 52.7 Å². The number of carbonyl (C=O) groups excluding carboxylic acids is 1. The van der Waals surface area contributed by atoms with Crippen molar-refractivity contribution in [2.45, 2.75) is 58.6 Å². The van der Waals surface area contributed by atoms with E-state index in [1.54, 1.807) is 4.90 Å². The molecular formula is C24H29N3O4. The van der Waals surface area contributed by atoms with Crippen molar-refractivity contribution in [2.24, 2.45) is 0 Å². The van der Waals surface area contributed by atoms with Gasteiger partial charge in [-0.05, 0) is 48.7 Å². The van der Waals surface area contributed by atoms with Gasteiger partial charge >= 0.3 is 0 Å². The number of carbonyl (C=O) groups is 1. The molecule has 7 nitrogen and oxygen atoms in total. The van der Waals surface area contributed by atoms with E-state index in [1.807, 2.05) is 26.0 Å². The van der Waals surface area contributed by atoms with Crippen LogP contribution in [0.5, 0.6) is 5.75 Å². The number of aryl methyl sites for hydroxylation is 1. The summed E-state index contributed by atoms with van der Waals surface area (Å²) in [5, 5.41) is 9.44. The lowest BCUT2D eigenvalue weighted by Gasteiger charge is -2.34. The second kappa shape index (κ2) is 8.13. The van der Waals surface area contributed by atoms with E-state index in [1.165, 1.54) is 11.1 Å². The third kappa shape index (κ3) is 3.77. The second-order valence-electron chi connectivity index (χ2n) is 8.82. The molecule has 0 saturated carbocycles. The van der Waals surface area contributed by atoms with Gasteiger partial charge in [-0.3, -0.25) is 4.79 Å². The Bertz CT molecular complexity index is 1000. The third-order valence-corrected chi connectivity index (χ3v) is 6.61. The second-order valence-corrected chi connectivity index (χ2v) is 8.82. The van der Waals surface area contributed by atoms with E-state index in [0.29, 0.717) is 25.3 Å². The van der Waals surface area contributed by atoms with Crippen molar-refractivity contribution in [3.63, 3.8) is 0 Å². The maximum atomic E-state index is 12.7. The van der Waals surface area contributed by atoms with E-state index in [0.717, 1.165) is 48.8 Å². The van der Waals surface area contributed by atoms with Crippen molar-refractivity contribution >= 4 is 11.7 Å². The molecule has 1 fully saturated rings. The van der Waals surface area contributed by atoms with E-state index < -0.39 is 0 Å². The fourth-order valence-electron chi connectivity index (χ4n) is 4.71. The summed E-state index contributed by atoms with van der Waals surface area (Å²) in [4.78, 5) is 21.5. The molecule has 3 aliphatic rings. The van der Waals surface area contributed by atoms with Crippen LogP contribution in [0.15, 0.2) is 24.3 Å². The first-order valence-electron chi connectivity index (χ1n) is 11.1. The van der Waals surface area contributed by atoms with Crippen molar-refractivity contribution in [3.05, 3.63) is 52.2 Å². The van der Waals surface area contributed by atoms with Crippen molar-refractivity contribution in [1.29, 1.82) is 0 Å². The molecule has 1 atom stereocenters. The Labute approximate surface area is 182 Å². The molecule has 1 amide bonds. The predicted molar refractivity (Wildman–Crippen MR) is 116 cm³/mol. The molecular weight excluding hydrogens is 394 g/mol. The average Bonchev–Trinajstić information content (AvgIpc) is 3.37. The first kappa shape index (κ1) is 20.3. The Kier molecular flexibility index (Phi) is 5.32. The van der Waals surface area contributed by atoms with Crippen molar-refractivity contribution in [1.82, 2.24) is 9.88 Å². The normalized spacial score (nSPS) is 19.5. The van der Waals surface area contributed by atoms with Crippen molar-refractivity contribution in [2.75, 3.05) is 24.6 Å². The summed E-state index contributed by atoms with van der Waals surface area (Å²) in [7, 11) is 0. The molecule has 2 aromatic rings. The van der Waals surface area contributed by atoms with Crippen LogP contribution in [0.4, 0.5) is 5.82 Å². The maximum Gasteiger partial charge on any atom is 0.256 e. The number of aliphatic hydroxyl groups is 1. The molecule has 4 heterocycles. The molecule has 0 aliphatic carbocycles. The smallest absolute Gasteiger partial charge is 0.256 e. The van der Waals surface area contributed by atoms with E-state index in [9.17, 15) is 9.90 Å². The van der Waals surface area contributed by atoms with Crippen molar-refractivity contribution < 1.29 is 19.4 Å². The Balaban J connectivity index is 1.25. The number of benzene rings is 1. The van der Waals surface area contributed by atoms with Gasteiger partial charge in [0.05, 0.1) is 43.7 Å². The molecule has 0 spiro atoms. The van der Waals surface area contributed by atoms with Gasteiger partial charge in [0.2, 0.25) is 0 Å². The number of hydrogen-bond acceptors (Lipinski definition) is 6. The number of fused-ring (bicyclic) bond motifs is 2. The summed E-state index contributed by atoms with van der Waals surface area (Å²) in [5.41, 5.74) is 4.98. The van der Waals surface area contributed by atoms with Crippen LogP contribution in [0.1, 0.15) is 52.5 Å². The van der Waals surface area contributed by atoms with Crippen LogP contribution in [0.3, 0.4) is 0 Å². The first-order chi connectivity index (χ1) is 15.0. The summed E-state index contributed by atoms with van der Waals surface area (Å²) in [6, 6.07) is 8.01. The SMILES string of the molecule is Cc1cc2c(nc1N1CCC(Oc3ccc4c(c3)COC4)CC1)CN([C@@H](C)CO)C2=O. The standard InChI is InChI=1S/C24H29N3O4/c1-15-9-21-22(11-27(24(21)29)16(2)12-28)25-23(15)26-7-5-19(6-8-26)31-20-4-3-17-13-30-14-18(17)10-20/h3-4,9-10,16,19,28H,5-8,11-14H2,1-2H3/t16-/m0/s1. The Morgan fingerprint density at radius 1 is 1.23 bits per heavy atom. The topological polar surface area (TPSA) is 75.1 Å². The van der Waals surface area contributed by atoms with Gasteiger partial charge in [-0.15, -0.1) is 0 Å². The van der Waals surface area contributed by atoms with Gasteiger partial charge < -0.3 is 24.4 Å². The van der Waals surface area contributed by atoms with Gasteiger partial charge in [0, 0.05) is 25.9 Å². The van der Waals surface area contributed by atoms with E-state index >= 15 is 0 Å². The zero-order valence-electron chi connectivity index (χ0n) is 18.1. The molecule has 1 saturated heterocycles. The maximum absolute atomic E-state index is 12.7. The number of pyridine rings is 1. The molecule has 7 heteroatoms. The predicted octanol–water partition coefficient (Wildman–Crippen LogP) is 2.80. The molecule has 1 aromatic heterocycles. The summed E-state index contributed by atoms with van der Waals surface area (Å²) < 4.78 is 11.8. The highest BCUT2D eigenvalue weighted by Gasteiger charge is 2.33. The van der Waals surface area contributed by atoms with Gasteiger partial charge in [-0.1, -0.05) is 6.07 Å². The highest BCUT2D eigenvalue weighted by Crippen LogP contribution is 2.31. The van der Waals surface area contributed by atoms with Crippen LogP contribution in [0, 0.1) is 6.92 Å².